The van der Waals surface area contributed by atoms with Crippen molar-refractivity contribution >= 4 is 17.0 Å². The van der Waals surface area contributed by atoms with Gasteiger partial charge < -0.3 is 10.0 Å². The Kier molecular flexibility index (Phi) is 3.91. The first kappa shape index (κ1) is 16.2. The van der Waals surface area contributed by atoms with Crippen LogP contribution in [0.4, 0.5) is 10.1 Å². The zero-order chi connectivity index (χ0) is 17.5. The van der Waals surface area contributed by atoms with Gasteiger partial charge in [-0.05, 0) is 69.7 Å². The molecule has 1 N–H and O–H groups in total. The molecule has 3 rings (SSSR count). The topological polar surface area (TPSA) is 35.8 Å². The Hall–Kier alpha value is -2.62. The van der Waals surface area contributed by atoms with Crippen molar-refractivity contribution in [2.45, 2.75) is 33.4 Å². The van der Waals surface area contributed by atoms with Gasteiger partial charge in [-0.15, -0.1) is 0 Å². The minimum atomic E-state index is -0.450. The zero-order valence-corrected chi connectivity index (χ0v) is 14.3. The predicted octanol–water partition coefficient (Wildman–Crippen LogP) is 4.98. The quantitative estimate of drug-likeness (QED) is 0.845. The van der Waals surface area contributed by atoms with Gasteiger partial charge in [0.15, 0.2) is 0 Å². The van der Waals surface area contributed by atoms with Gasteiger partial charge in [0, 0.05) is 22.7 Å². The number of phenols is 1. The molecule has 1 aliphatic heterocycles. The number of allylic oxidation sites excluding steroid dienone is 2. The van der Waals surface area contributed by atoms with Crippen LogP contribution in [0.25, 0.3) is 5.57 Å². The van der Waals surface area contributed by atoms with Crippen LogP contribution in [0.5, 0.6) is 5.75 Å². The molecule has 0 atom stereocenters. The molecule has 2 aromatic rings. The average Bonchev–Trinajstić information content (AvgIpc) is 2.50. The highest BCUT2D eigenvalue weighted by atomic mass is 19.1. The van der Waals surface area contributed by atoms with Crippen LogP contribution in [0.1, 0.15) is 33.3 Å². The third-order valence-corrected chi connectivity index (χ3v) is 4.29. The fourth-order valence-electron chi connectivity index (χ4n) is 3.45. The highest BCUT2D eigenvalue weighted by molar-refractivity contribution is 6.25. The summed E-state index contributed by atoms with van der Waals surface area (Å²) in [6, 6.07) is 13.6. The van der Waals surface area contributed by atoms with Gasteiger partial charge in [-0.25, -0.2) is 4.39 Å². The Bertz CT molecular complexity index is 818. The molecular formula is C20H21FN2O. The molecule has 1 heterocycles. The molecule has 3 nitrogen and oxygen atoms in total. The lowest BCUT2D eigenvalue weighted by molar-refractivity contribution is 0.474. The van der Waals surface area contributed by atoms with E-state index in [2.05, 4.69) is 4.90 Å². The first-order valence-corrected chi connectivity index (χ1v) is 7.92. The third-order valence-electron chi connectivity index (χ3n) is 4.29. The number of rotatable bonds is 2. The van der Waals surface area contributed by atoms with Gasteiger partial charge in [0.05, 0.1) is 0 Å². The van der Waals surface area contributed by atoms with Crippen molar-refractivity contribution in [2.24, 2.45) is 4.99 Å². The largest absolute Gasteiger partial charge is 0.508 e. The molecule has 0 aliphatic carbocycles. The van der Waals surface area contributed by atoms with Crippen LogP contribution < -0.4 is 4.90 Å². The SMILES string of the molecule is CC1=NC(C)(C)N(c2ccc(O)cc2)C(C)=C1c1ccc(F)cc1. The van der Waals surface area contributed by atoms with Crippen LogP contribution in [0.2, 0.25) is 0 Å². The smallest absolute Gasteiger partial charge is 0.130 e. The maximum absolute atomic E-state index is 13.3. The number of halogens is 1. The van der Waals surface area contributed by atoms with Gasteiger partial charge in [-0.2, -0.15) is 0 Å². The van der Waals surface area contributed by atoms with E-state index < -0.39 is 5.66 Å². The molecule has 0 spiro atoms. The zero-order valence-electron chi connectivity index (χ0n) is 14.3. The number of benzene rings is 2. The summed E-state index contributed by atoms with van der Waals surface area (Å²) in [6.45, 7) is 8.13. The van der Waals surface area contributed by atoms with Crippen LogP contribution >= 0.6 is 0 Å². The second kappa shape index (κ2) is 5.78. The molecule has 0 fully saturated rings. The van der Waals surface area contributed by atoms with E-state index in [1.54, 1.807) is 24.3 Å². The Morgan fingerprint density at radius 1 is 0.958 bits per heavy atom. The molecule has 1 aliphatic rings. The molecule has 0 amide bonds. The van der Waals surface area contributed by atoms with Gasteiger partial charge in [0.1, 0.15) is 17.2 Å². The highest BCUT2D eigenvalue weighted by Gasteiger charge is 2.34. The molecule has 0 bridgehead atoms. The second-order valence-corrected chi connectivity index (χ2v) is 6.51. The fraction of sp³-hybridized carbons (Fsp3) is 0.250. The van der Waals surface area contributed by atoms with Crippen molar-refractivity contribution in [3.8, 4) is 5.75 Å². The van der Waals surface area contributed by atoms with Crippen molar-refractivity contribution in [3.05, 3.63) is 65.6 Å². The molecule has 0 saturated carbocycles. The van der Waals surface area contributed by atoms with Crippen LogP contribution in [0.15, 0.2) is 59.2 Å². The standard InChI is InChI=1S/C20H21FN2O/c1-13-19(15-5-7-16(21)8-6-15)14(2)23(20(3,4)22-13)17-9-11-18(24)12-10-17/h5-12,24H,1-4H3. The number of aromatic hydroxyl groups is 1. The number of aliphatic imine (C=N–C) groups is 1. The summed E-state index contributed by atoms with van der Waals surface area (Å²) in [5.74, 6) is -0.0215. The van der Waals surface area contributed by atoms with E-state index in [0.29, 0.717) is 0 Å². The Morgan fingerprint density at radius 3 is 2.12 bits per heavy atom. The van der Waals surface area contributed by atoms with E-state index in [1.165, 1.54) is 12.1 Å². The summed E-state index contributed by atoms with van der Waals surface area (Å²) in [6.07, 6.45) is 0. The van der Waals surface area contributed by atoms with Crippen molar-refractivity contribution < 1.29 is 9.50 Å². The van der Waals surface area contributed by atoms with Gasteiger partial charge >= 0.3 is 0 Å². The van der Waals surface area contributed by atoms with Gasteiger partial charge in [0.25, 0.3) is 0 Å². The maximum Gasteiger partial charge on any atom is 0.130 e. The van der Waals surface area contributed by atoms with E-state index in [0.717, 1.165) is 28.2 Å². The minimum Gasteiger partial charge on any atom is -0.508 e. The Labute approximate surface area is 141 Å². The third kappa shape index (κ3) is 2.80. The van der Waals surface area contributed by atoms with Crippen LogP contribution in [-0.4, -0.2) is 16.5 Å². The number of nitrogens with zero attached hydrogens (tertiary/aromatic N) is 2. The Balaban J connectivity index is 2.16. The average molecular weight is 324 g/mol. The number of hydrogen-bond acceptors (Lipinski definition) is 3. The molecule has 0 unspecified atom stereocenters. The summed E-state index contributed by atoms with van der Waals surface area (Å²) in [7, 11) is 0. The number of anilines is 1. The van der Waals surface area contributed by atoms with E-state index >= 15 is 0 Å². The van der Waals surface area contributed by atoms with Crippen LogP contribution in [0, 0.1) is 5.82 Å². The van der Waals surface area contributed by atoms with Crippen molar-refractivity contribution in [1.82, 2.24) is 0 Å². The fourth-order valence-corrected chi connectivity index (χ4v) is 3.45. The lowest BCUT2D eigenvalue weighted by atomic mass is 9.94. The number of hydrogen-bond donors (Lipinski definition) is 1. The first-order valence-electron chi connectivity index (χ1n) is 7.92. The molecule has 2 aromatic carbocycles. The molecule has 0 saturated heterocycles. The normalized spacial score (nSPS) is 17.0. The summed E-state index contributed by atoms with van der Waals surface area (Å²) < 4.78 is 13.3. The molecule has 0 radical (unpaired) electrons. The molecule has 124 valence electrons. The molecular weight excluding hydrogens is 303 g/mol. The van der Waals surface area contributed by atoms with Gasteiger partial charge in [-0.1, -0.05) is 12.1 Å². The van der Waals surface area contributed by atoms with E-state index in [-0.39, 0.29) is 11.6 Å². The summed E-state index contributed by atoms with van der Waals surface area (Å²) in [4.78, 5) is 6.99. The van der Waals surface area contributed by atoms with Gasteiger partial charge in [-0.3, -0.25) is 4.99 Å². The lowest BCUT2D eigenvalue weighted by Gasteiger charge is -2.43. The molecule has 4 heteroatoms. The molecule has 24 heavy (non-hydrogen) atoms. The summed E-state index contributed by atoms with van der Waals surface area (Å²) >= 11 is 0. The highest BCUT2D eigenvalue weighted by Crippen LogP contribution is 2.38. The summed E-state index contributed by atoms with van der Waals surface area (Å²) in [5, 5.41) is 9.56. The first-order chi connectivity index (χ1) is 11.3. The van der Waals surface area contributed by atoms with E-state index in [9.17, 15) is 9.50 Å². The van der Waals surface area contributed by atoms with E-state index in [1.807, 2.05) is 39.8 Å². The van der Waals surface area contributed by atoms with Crippen LogP contribution in [-0.2, 0) is 0 Å². The molecule has 0 aromatic heterocycles. The van der Waals surface area contributed by atoms with Crippen molar-refractivity contribution in [3.63, 3.8) is 0 Å². The van der Waals surface area contributed by atoms with Crippen molar-refractivity contribution in [1.29, 1.82) is 0 Å². The second-order valence-electron chi connectivity index (χ2n) is 6.51. The monoisotopic (exact) mass is 324 g/mol. The van der Waals surface area contributed by atoms with Crippen molar-refractivity contribution in [2.75, 3.05) is 4.90 Å². The minimum absolute atomic E-state index is 0.230. The van der Waals surface area contributed by atoms with Crippen LogP contribution in [0.3, 0.4) is 0 Å². The Morgan fingerprint density at radius 2 is 1.54 bits per heavy atom. The lowest BCUT2D eigenvalue weighted by Crippen LogP contribution is -2.45. The van der Waals surface area contributed by atoms with Gasteiger partial charge in [0.2, 0.25) is 0 Å². The predicted molar refractivity (Wildman–Crippen MR) is 96.8 cm³/mol. The summed E-state index contributed by atoms with van der Waals surface area (Å²) in [5.41, 5.74) is 4.42. The maximum atomic E-state index is 13.3. The number of phenolic OH excluding ortho intramolecular Hbond substituents is 1. The van der Waals surface area contributed by atoms with E-state index in [4.69, 9.17) is 4.99 Å².